The van der Waals surface area contributed by atoms with Crippen LogP contribution in [0.3, 0.4) is 0 Å². The van der Waals surface area contributed by atoms with Crippen molar-refractivity contribution in [2.75, 3.05) is 5.32 Å². The average Bonchev–Trinajstić information content (AvgIpc) is 3.27. The molecule has 0 spiro atoms. The van der Waals surface area contributed by atoms with Crippen molar-refractivity contribution in [3.05, 3.63) is 71.0 Å². The van der Waals surface area contributed by atoms with E-state index in [1.54, 1.807) is 32.3 Å². The average molecular weight is 476 g/mol. The first-order valence-corrected chi connectivity index (χ1v) is 12.1. The molecule has 0 bridgehead atoms. The van der Waals surface area contributed by atoms with E-state index in [0.717, 1.165) is 53.5 Å². The van der Waals surface area contributed by atoms with Gasteiger partial charge in [-0.2, -0.15) is 9.83 Å². The molecule has 1 atom stereocenters. The van der Waals surface area contributed by atoms with Gasteiger partial charge in [-0.05, 0) is 54.5 Å². The fourth-order valence-corrected chi connectivity index (χ4v) is 5.15. The molecule has 8 heteroatoms. The van der Waals surface area contributed by atoms with Gasteiger partial charge in [-0.25, -0.2) is 0 Å². The second-order valence-corrected chi connectivity index (χ2v) is 9.81. The number of anilines is 1. The minimum absolute atomic E-state index is 0.234. The molecule has 184 valence electrons. The molecule has 1 unspecified atom stereocenters. The van der Waals surface area contributed by atoms with Crippen LogP contribution in [0.25, 0.3) is 11.1 Å². The second kappa shape index (κ2) is 9.90. The van der Waals surface area contributed by atoms with E-state index < -0.39 is 6.04 Å². The summed E-state index contributed by atoms with van der Waals surface area (Å²) in [4.78, 5) is 26.5. The summed E-state index contributed by atoms with van der Waals surface area (Å²) in [6, 6.07) is 10.2. The van der Waals surface area contributed by atoms with Crippen LogP contribution in [0.2, 0.25) is 0 Å². The molecule has 2 aromatic heterocycles. The highest BCUT2D eigenvalue weighted by molar-refractivity contribution is 6.01. The van der Waals surface area contributed by atoms with E-state index >= 15 is 0 Å². The lowest BCUT2D eigenvalue weighted by Gasteiger charge is -2.40. The molecule has 2 N–H and O–H groups in total. The van der Waals surface area contributed by atoms with Gasteiger partial charge in [0, 0.05) is 31.9 Å². The zero-order valence-corrected chi connectivity index (χ0v) is 20.8. The minimum Gasteiger partial charge on any atom is -0.618 e. The first-order valence-electron chi connectivity index (χ1n) is 12.1. The number of carbonyl (C=O) groups is 2. The Labute approximate surface area is 205 Å². The number of nitrogens with one attached hydrogen (secondary N) is 2. The van der Waals surface area contributed by atoms with Crippen LogP contribution in [-0.4, -0.2) is 27.6 Å². The smallest absolute Gasteiger partial charge is 0.270 e. The van der Waals surface area contributed by atoms with E-state index in [0.29, 0.717) is 17.1 Å². The second-order valence-electron chi connectivity index (χ2n) is 9.81. The lowest BCUT2D eigenvalue weighted by Crippen LogP contribution is -2.54. The molecule has 1 aromatic carbocycles. The van der Waals surface area contributed by atoms with Crippen molar-refractivity contribution in [3.8, 4) is 11.1 Å². The molecule has 1 aliphatic rings. The third kappa shape index (κ3) is 5.06. The Morgan fingerprint density at radius 2 is 1.77 bits per heavy atom. The molecule has 2 heterocycles. The maximum absolute atomic E-state index is 13.5. The van der Waals surface area contributed by atoms with Crippen molar-refractivity contribution in [1.29, 1.82) is 0 Å². The van der Waals surface area contributed by atoms with Crippen molar-refractivity contribution in [2.45, 2.75) is 58.9 Å². The SMILES string of the molecule is Cc1cc[n+]([O-])c(C)c1-c1ccc(NC(=O)C(NC(=O)c2ccnn2C)C2(C)CCCCC2)cc1. The third-order valence-corrected chi connectivity index (χ3v) is 7.27. The third-order valence-electron chi connectivity index (χ3n) is 7.27. The van der Waals surface area contributed by atoms with Gasteiger partial charge in [0.1, 0.15) is 11.7 Å². The van der Waals surface area contributed by atoms with Gasteiger partial charge in [0.05, 0.1) is 5.56 Å². The Morgan fingerprint density at radius 3 is 2.40 bits per heavy atom. The van der Waals surface area contributed by atoms with Gasteiger partial charge in [-0.3, -0.25) is 14.3 Å². The quantitative estimate of drug-likeness (QED) is 0.415. The first kappa shape index (κ1) is 24.4. The number of hydrogen-bond acceptors (Lipinski definition) is 4. The maximum atomic E-state index is 13.5. The van der Waals surface area contributed by atoms with Crippen LogP contribution >= 0.6 is 0 Å². The van der Waals surface area contributed by atoms with E-state index in [1.165, 1.54) is 10.9 Å². The topological polar surface area (TPSA) is 103 Å². The Balaban J connectivity index is 1.56. The summed E-state index contributed by atoms with van der Waals surface area (Å²) in [5.74, 6) is -0.546. The van der Waals surface area contributed by atoms with E-state index in [-0.39, 0.29) is 17.2 Å². The Hall–Kier alpha value is -3.68. The van der Waals surface area contributed by atoms with Crippen LogP contribution in [0.5, 0.6) is 0 Å². The highest BCUT2D eigenvalue weighted by Crippen LogP contribution is 2.39. The van der Waals surface area contributed by atoms with Gasteiger partial charge in [-0.1, -0.05) is 38.3 Å². The Kier molecular flexibility index (Phi) is 6.91. The van der Waals surface area contributed by atoms with E-state index in [1.807, 2.05) is 31.2 Å². The van der Waals surface area contributed by atoms with Crippen molar-refractivity contribution in [3.63, 3.8) is 0 Å². The van der Waals surface area contributed by atoms with Gasteiger partial charge in [-0.15, -0.1) is 0 Å². The summed E-state index contributed by atoms with van der Waals surface area (Å²) in [6.45, 7) is 5.85. The van der Waals surface area contributed by atoms with E-state index in [4.69, 9.17) is 0 Å². The number of pyridine rings is 1. The summed E-state index contributed by atoms with van der Waals surface area (Å²) in [5.41, 5.74) is 4.14. The number of rotatable bonds is 6. The molecule has 1 aliphatic carbocycles. The van der Waals surface area contributed by atoms with Gasteiger partial charge >= 0.3 is 0 Å². The Morgan fingerprint density at radius 1 is 1.09 bits per heavy atom. The molecule has 8 nitrogen and oxygen atoms in total. The number of carbonyl (C=O) groups excluding carboxylic acids is 2. The van der Waals surface area contributed by atoms with Gasteiger partial charge < -0.3 is 15.8 Å². The first-order chi connectivity index (χ1) is 16.7. The monoisotopic (exact) mass is 475 g/mol. The van der Waals surface area contributed by atoms with E-state index in [2.05, 4.69) is 22.7 Å². The summed E-state index contributed by atoms with van der Waals surface area (Å²) in [7, 11) is 1.71. The fourth-order valence-electron chi connectivity index (χ4n) is 5.15. The molecular formula is C27H33N5O3. The number of nitrogens with zero attached hydrogens (tertiary/aromatic N) is 3. The van der Waals surface area contributed by atoms with Crippen molar-refractivity contribution in [2.24, 2.45) is 12.5 Å². The molecule has 1 saturated carbocycles. The van der Waals surface area contributed by atoms with Crippen LogP contribution < -0.4 is 15.4 Å². The molecule has 3 aromatic rings. The molecular weight excluding hydrogens is 442 g/mol. The largest absolute Gasteiger partial charge is 0.618 e. The van der Waals surface area contributed by atoms with Crippen LogP contribution in [0.15, 0.2) is 48.8 Å². The van der Waals surface area contributed by atoms with Gasteiger partial charge in [0.2, 0.25) is 5.91 Å². The van der Waals surface area contributed by atoms with Crippen LogP contribution in [0.1, 0.15) is 60.8 Å². The van der Waals surface area contributed by atoms with Crippen LogP contribution in [0.4, 0.5) is 5.69 Å². The van der Waals surface area contributed by atoms with E-state index in [9.17, 15) is 14.8 Å². The fraction of sp³-hybridized carbons (Fsp3) is 0.407. The van der Waals surface area contributed by atoms with Crippen LogP contribution in [0, 0.1) is 24.5 Å². The lowest BCUT2D eigenvalue weighted by atomic mass is 9.70. The summed E-state index contributed by atoms with van der Waals surface area (Å²) in [5, 5.41) is 22.1. The van der Waals surface area contributed by atoms with Crippen molar-refractivity contribution >= 4 is 17.5 Å². The summed E-state index contributed by atoms with van der Waals surface area (Å²) >= 11 is 0. The highest BCUT2D eigenvalue weighted by Gasteiger charge is 2.41. The molecule has 0 aliphatic heterocycles. The molecule has 35 heavy (non-hydrogen) atoms. The number of aromatic nitrogens is 3. The molecule has 0 saturated heterocycles. The van der Waals surface area contributed by atoms with Crippen LogP contribution in [-0.2, 0) is 11.8 Å². The molecule has 1 fully saturated rings. The normalized spacial score (nSPS) is 15.9. The summed E-state index contributed by atoms with van der Waals surface area (Å²) in [6.07, 6.45) is 8.03. The maximum Gasteiger partial charge on any atom is 0.270 e. The number of aryl methyl sites for hydroxylation is 2. The predicted octanol–water partition coefficient (Wildman–Crippen LogP) is 4.04. The van der Waals surface area contributed by atoms with Gasteiger partial charge in [0.25, 0.3) is 5.91 Å². The molecule has 4 rings (SSSR count). The van der Waals surface area contributed by atoms with Crippen molar-refractivity contribution in [1.82, 2.24) is 15.1 Å². The zero-order valence-electron chi connectivity index (χ0n) is 20.8. The number of hydrogen-bond donors (Lipinski definition) is 2. The number of amides is 2. The van der Waals surface area contributed by atoms with Gasteiger partial charge in [0.15, 0.2) is 11.9 Å². The molecule has 2 amide bonds. The molecule has 0 radical (unpaired) electrons. The zero-order chi connectivity index (χ0) is 25.2. The minimum atomic E-state index is -0.678. The highest BCUT2D eigenvalue weighted by atomic mass is 16.5. The van der Waals surface area contributed by atoms with Crippen molar-refractivity contribution < 1.29 is 14.3 Å². The summed E-state index contributed by atoms with van der Waals surface area (Å²) < 4.78 is 2.36. The Bertz CT molecular complexity index is 1230. The predicted molar refractivity (Wildman–Crippen MR) is 135 cm³/mol. The number of benzene rings is 1. The lowest BCUT2D eigenvalue weighted by molar-refractivity contribution is -0.611. The standard InChI is InChI=1S/C27H33N5O3/c1-18-13-17-32(35)19(2)23(18)20-8-10-21(11-9-20)29-26(34)24(27(3)14-6-5-7-15-27)30-25(33)22-12-16-28-31(22)4/h8-13,16-17,24H,5-7,14-15H2,1-4H3,(H,29,34)(H,30,33).